The molecule has 10 nitrogen and oxygen atoms in total. The minimum Gasteiger partial charge on any atom is -0.379 e. The number of carbonyl (C=O) groups is 2. The molecule has 3 aromatic rings. The average molecular weight is 523 g/mol. The number of hydrogen-bond donors (Lipinski definition) is 3. The number of thiophene rings is 1. The van der Waals surface area contributed by atoms with E-state index in [1.54, 1.807) is 17.6 Å². The van der Waals surface area contributed by atoms with Gasteiger partial charge in [-0.25, -0.2) is 9.78 Å². The number of ether oxygens (including phenoxy) is 1. The van der Waals surface area contributed by atoms with Crippen LogP contribution < -0.4 is 16.1 Å². The number of anilines is 4. The number of morpholine rings is 1. The minimum absolute atomic E-state index is 0.0512. The molecule has 3 N–H and O–H groups in total. The number of rotatable bonds is 9. The van der Waals surface area contributed by atoms with E-state index in [-0.39, 0.29) is 22.9 Å². The Labute approximate surface area is 207 Å². The van der Waals surface area contributed by atoms with Gasteiger partial charge in [-0.3, -0.25) is 9.69 Å². The van der Waals surface area contributed by atoms with Crippen molar-refractivity contribution in [2.24, 2.45) is 0 Å². The van der Waals surface area contributed by atoms with E-state index in [0.717, 1.165) is 36.5 Å². The highest BCUT2D eigenvalue weighted by Crippen LogP contribution is 2.37. The predicted molar refractivity (Wildman–Crippen MR) is 125 cm³/mol. The van der Waals surface area contributed by atoms with E-state index in [4.69, 9.17) is 4.74 Å². The molecule has 2 aromatic heterocycles. The van der Waals surface area contributed by atoms with E-state index in [2.05, 4.69) is 30.3 Å². The van der Waals surface area contributed by atoms with Gasteiger partial charge in [-0.2, -0.15) is 23.6 Å². The van der Waals surface area contributed by atoms with E-state index in [1.807, 2.05) is 12.1 Å². The second kappa shape index (κ2) is 11.3. The Morgan fingerprint density at radius 3 is 2.61 bits per heavy atom. The lowest BCUT2D eigenvalue weighted by Gasteiger charge is -2.26. The fourth-order valence-corrected chi connectivity index (χ4v) is 4.17. The first-order valence-electron chi connectivity index (χ1n) is 10.7. The fraction of sp³-hybridized carbons (Fsp3) is 0.273. The van der Waals surface area contributed by atoms with Crippen molar-refractivity contribution >= 4 is 46.2 Å². The van der Waals surface area contributed by atoms with Crippen LogP contribution in [-0.4, -0.2) is 53.6 Å². The molecular weight excluding hydrogens is 501 g/mol. The summed E-state index contributed by atoms with van der Waals surface area (Å²) < 4.78 is 46.2. The lowest BCUT2D eigenvalue weighted by Crippen LogP contribution is -2.35. The number of nitrogens with one attached hydrogen (secondary N) is 3. The maximum atomic E-state index is 13.6. The SMILES string of the molecule is O=CNOC(=O)c1ccsc1Nc1nc(Nc2ccc(CN3CCOCC3)cc2)ncc1C(F)(F)F. The molecule has 1 aliphatic rings. The first kappa shape index (κ1) is 25.3. The third kappa shape index (κ3) is 6.47. The van der Waals surface area contributed by atoms with Gasteiger partial charge in [0.25, 0.3) is 0 Å². The Morgan fingerprint density at radius 1 is 1.17 bits per heavy atom. The molecule has 0 spiro atoms. The standard InChI is InChI=1S/C22H21F3N6O4S/c23-22(24,25)17-11-26-21(28-15-3-1-14(2-4-15)12-31-6-8-34-9-7-31)30-18(17)29-19-16(5-10-36-19)20(33)35-27-13-32/h1-5,10-11,13H,6-9,12H2,(H,27,32)(H2,26,28,29,30). The number of hydrogen-bond acceptors (Lipinski definition) is 10. The Balaban J connectivity index is 1.51. The van der Waals surface area contributed by atoms with E-state index in [1.165, 1.54) is 11.4 Å². The zero-order chi connectivity index (χ0) is 25.5. The lowest BCUT2D eigenvalue weighted by molar-refractivity contribution is -0.137. The summed E-state index contributed by atoms with van der Waals surface area (Å²) in [6, 6.07) is 8.75. The van der Waals surface area contributed by atoms with Gasteiger partial charge in [0.05, 0.1) is 18.8 Å². The maximum absolute atomic E-state index is 13.6. The van der Waals surface area contributed by atoms with Gasteiger partial charge in [-0.1, -0.05) is 12.1 Å². The quantitative estimate of drug-likeness (QED) is 0.286. The summed E-state index contributed by atoms with van der Waals surface area (Å²) in [5.41, 5.74) is 2.23. The first-order chi connectivity index (χ1) is 17.3. The molecular formula is C22H21F3N6O4S. The molecule has 0 atom stereocenters. The van der Waals surface area contributed by atoms with Crippen LogP contribution in [0.1, 0.15) is 21.5 Å². The molecule has 0 aliphatic carbocycles. The lowest BCUT2D eigenvalue weighted by atomic mass is 10.2. The van der Waals surface area contributed by atoms with E-state index < -0.39 is 23.5 Å². The van der Waals surface area contributed by atoms with Gasteiger partial charge in [0.2, 0.25) is 12.4 Å². The van der Waals surface area contributed by atoms with Gasteiger partial charge in [0.1, 0.15) is 16.4 Å². The number of hydroxylamine groups is 1. The van der Waals surface area contributed by atoms with Crippen molar-refractivity contribution in [1.82, 2.24) is 20.3 Å². The van der Waals surface area contributed by atoms with Crippen LogP contribution in [0.2, 0.25) is 0 Å². The summed E-state index contributed by atoms with van der Waals surface area (Å²) in [4.78, 5) is 37.0. The summed E-state index contributed by atoms with van der Waals surface area (Å²) >= 11 is 0.963. The number of nitrogens with zero attached hydrogens (tertiary/aromatic N) is 3. The number of aromatic nitrogens is 2. The number of carbonyl (C=O) groups excluding carboxylic acids is 2. The Bertz CT molecular complexity index is 1200. The van der Waals surface area contributed by atoms with Crippen molar-refractivity contribution in [3.63, 3.8) is 0 Å². The summed E-state index contributed by atoms with van der Waals surface area (Å²) in [7, 11) is 0. The van der Waals surface area contributed by atoms with Gasteiger partial charge in [-0.15, -0.1) is 11.3 Å². The molecule has 1 aromatic carbocycles. The molecule has 1 fully saturated rings. The van der Waals surface area contributed by atoms with Crippen molar-refractivity contribution < 1.29 is 32.3 Å². The monoisotopic (exact) mass is 522 g/mol. The van der Waals surface area contributed by atoms with Crippen LogP contribution >= 0.6 is 11.3 Å². The fourth-order valence-electron chi connectivity index (χ4n) is 3.39. The molecule has 14 heteroatoms. The molecule has 3 heterocycles. The molecule has 4 rings (SSSR count). The highest BCUT2D eigenvalue weighted by molar-refractivity contribution is 7.14. The van der Waals surface area contributed by atoms with Crippen LogP contribution in [-0.2, 0) is 27.1 Å². The smallest absolute Gasteiger partial charge is 0.379 e. The summed E-state index contributed by atoms with van der Waals surface area (Å²) in [6.45, 7) is 3.87. The third-order valence-electron chi connectivity index (χ3n) is 5.13. The normalized spacial score (nSPS) is 14.2. The van der Waals surface area contributed by atoms with Gasteiger partial charge < -0.3 is 20.2 Å². The molecule has 1 saturated heterocycles. The topological polar surface area (TPSA) is 118 Å². The van der Waals surface area contributed by atoms with Gasteiger partial charge in [-0.05, 0) is 29.1 Å². The Kier molecular flexibility index (Phi) is 7.97. The van der Waals surface area contributed by atoms with Crippen LogP contribution in [0.4, 0.5) is 35.6 Å². The van der Waals surface area contributed by atoms with Crippen LogP contribution in [0.15, 0.2) is 41.9 Å². The molecule has 1 aliphatic heterocycles. The van der Waals surface area contributed by atoms with Crippen molar-refractivity contribution in [3.05, 3.63) is 58.6 Å². The molecule has 0 bridgehead atoms. The van der Waals surface area contributed by atoms with E-state index >= 15 is 0 Å². The number of amides is 1. The Morgan fingerprint density at radius 2 is 1.92 bits per heavy atom. The maximum Gasteiger partial charge on any atom is 0.421 e. The zero-order valence-corrected chi connectivity index (χ0v) is 19.5. The summed E-state index contributed by atoms with van der Waals surface area (Å²) in [5, 5.41) is 6.97. The zero-order valence-electron chi connectivity index (χ0n) is 18.7. The first-order valence-corrected chi connectivity index (χ1v) is 11.6. The van der Waals surface area contributed by atoms with Crippen LogP contribution in [0.5, 0.6) is 0 Å². The highest BCUT2D eigenvalue weighted by Gasteiger charge is 2.36. The molecule has 1 amide bonds. The van der Waals surface area contributed by atoms with Crippen LogP contribution in [0.25, 0.3) is 0 Å². The van der Waals surface area contributed by atoms with Crippen LogP contribution in [0.3, 0.4) is 0 Å². The van der Waals surface area contributed by atoms with Crippen molar-refractivity contribution in [3.8, 4) is 0 Å². The number of halogens is 3. The van der Waals surface area contributed by atoms with Gasteiger partial charge in [0, 0.05) is 31.5 Å². The molecule has 36 heavy (non-hydrogen) atoms. The second-order valence-electron chi connectivity index (χ2n) is 7.58. The van der Waals surface area contributed by atoms with E-state index in [0.29, 0.717) is 25.1 Å². The van der Waals surface area contributed by atoms with Crippen molar-refractivity contribution in [1.29, 1.82) is 0 Å². The molecule has 0 radical (unpaired) electrons. The summed E-state index contributed by atoms with van der Waals surface area (Å²) in [6.07, 6.45) is -3.94. The number of alkyl halides is 3. The van der Waals surface area contributed by atoms with Crippen molar-refractivity contribution in [2.45, 2.75) is 12.7 Å². The van der Waals surface area contributed by atoms with Crippen molar-refractivity contribution in [2.75, 3.05) is 36.9 Å². The average Bonchev–Trinajstić information content (AvgIpc) is 3.32. The molecule has 0 unspecified atom stereocenters. The molecule has 190 valence electrons. The second-order valence-corrected chi connectivity index (χ2v) is 8.49. The van der Waals surface area contributed by atoms with Gasteiger partial charge >= 0.3 is 12.1 Å². The minimum atomic E-state index is -4.75. The summed E-state index contributed by atoms with van der Waals surface area (Å²) in [5.74, 6) is -1.58. The van der Waals surface area contributed by atoms with Crippen LogP contribution in [0, 0.1) is 0 Å². The molecule has 0 saturated carbocycles. The number of benzene rings is 1. The Hall–Kier alpha value is -3.75. The predicted octanol–water partition coefficient (Wildman–Crippen LogP) is 3.69. The van der Waals surface area contributed by atoms with E-state index in [9.17, 15) is 22.8 Å². The highest BCUT2D eigenvalue weighted by atomic mass is 32.1. The third-order valence-corrected chi connectivity index (χ3v) is 5.96. The van der Waals surface area contributed by atoms with Gasteiger partial charge in [0.15, 0.2) is 0 Å². The largest absolute Gasteiger partial charge is 0.421 e.